The van der Waals surface area contributed by atoms with Gasteiger partial charge < -0.3 is 24.3 Å². The summed E-state index contributed by atoms with van der Waals surface area (Å²) in [5.41, 5.74) is 5.24. The van der Waals surface area contributed by atoms with E-state index in [1.54, 1.807) is 9.80 Å². The van der Waals surface area contributed by atoms with E-state index in [2.05, 4.69) is 11.1 Å². The lowest BCUT2D eigenvalue weighted by Gasteiger charge is -2.47. The van der Waals surface area contributed by atoms with Gasteiger partial charge in [-0.3, -0.25) is 9.59 Å². The maximum Gasteiger partial charge on any atom is 0.246 e. The quantitative estimate of drug-likeness (QED) is 0.628. The number of benzene rings is 2. The van der Waals surface area contributed by atoms with Crippen LogP contribution in [-0.2, 0) is 25.5 Å². The van der Waals surface area contributed by atoms with Gasteiger partial charge in [-0.25, -0.2) is 0 Å². The van der Waals surface area contributed by atoms with Gasteiger partial charge in [0, 0.05) is 37.2 Å². The van der Waals surface area contributed by atoms with Crippen molar-refractivity contribution in [3.05, 3.63) is 70.9 Å². The maximum atomic E-state index is 13.6. The molecule has 2 atom stereocenters. The van der Waals surface area contributed by atoms with Crippen LogP contribution in [0.4, 0.5) is 0 Å². The zero-order valence-corrected chi connectivity index (χ0v) is 18.5. The van der Waals surface area contributed by atoms with Crippen molar-refractivity contribution in [3.63, 3.8) is 0 Å². The molecule has 1 N–H and O–H groups in total. The van der Waals surface area contributed by atoms with Gasteiger partial charge in [-0.05, 0) is 29.7 Å². The normalized spacial score (nSPS) is 20.8. The molecule has 1 saturated heterocycles. The van der Waals surface area contributed by atoms with E-state index in [9.17, 15) is 9.59 Å². The Balaban J connectivity index is 1.64. The van der Waals surface area contributed by atoms with Crippen LogP contribution >= 0.6 is 0 Å². The van der Waals surface area contributed by atoms with Crippen molar-refractivity contribution in [1.29, 1.82) is 0 Å². The lowest BCUT2D eigenvalue weighted by atomic mass is 9.85. The summed E-state index contributed by atoms with van der Waals surface area (Å²) in [6, 6.07) is 15.3. The first kappa shape index (κ1) is 20.7. The zero-order chi connectivity index (χ0) is 22.4. The second-order valence-electron chi connectivity index (χ2n) is 8.46. The highest BCUT2D eigenvalue weighted by Crippen LogP contribution is 2.43. The van der Waals surface area contributed by atoms with Crippen molar-refractivity contribution in [2.75, 3.05) is 27.3 Å². The van der Waals surface area contributed by atoms with E-state index in [0.29, 0.717) is 6.42 Å². The Morgan fingerprint density at radius 1 is 1.06 bits per heavy atom. The second-order valence-corrected chi connectivity index (χ2v) is 8.46. The number of fused-ring (bicyclic) bond motifs is 4. The van der Waals surface area contributed by atoms with Crippen LogP contribution in [-0.4, -0.2) is 66.2 Å². The van der Waals surface area contributed by atoms with Gasteiger partial charge in [0.15, 0.2) is 6.29 Å². The molecule has 0 saturated carbocycles. The number of rotatable bonds is 5. The van der Waals surface area contributed by atoms with Gasteiger partial charge in [0.25, 0.3) is 0 Å². The summed E-state index contributed by atoms with van der Waals surface area (Å²) in [6.07, 6.45) is -0.0920. The van der Waals surface area contributed by atoms with Crippen molar-refractivity contribution in [3.8, 4) is 0 Å². The molecule has 0 bridgehead atoms. The summed E-state index contributed by atoms with van der Waals surface area (Å²) < 4.78 is 10.6. The average Bonchev–Trinajstić information content (AvgIpc) is 3.18. The smallest absolute Gasteiger partial charge is 0.246 e. The van der Waals surface area contributed by atoms with Crippen LogP contribution in [0.25, 0.3) is 10.9 Å². The molecule has 32 heavy (non-hydrogen) atoms. The minimum Gasteiger partial charge on any atom is -0.356 e. The number of hydrogen-bond acceptors (Lipinski definition) is 4. The number of ether oxygens (including phenoxy) is 2. The summed E-state index contributed by atoms with van der Waals surface area (Å²) in [6.45, 7) is 2.28. The fourth-order valence-electron chi connectivity index (χ4n) is 5.12. The molecule has 2 aliphatic rings. The molecule has 1 fully saturated rings. The molecular weight excluding hydrogens is 406 g/mol. The highest BCUT2D eigenvalue weighted by atomic mass is 16.7. The number of nitrogens with zero attached hydrogens (tertiary/aromatic N) is 2. The number of aromatic nitrogens is 1. The molecule has 3 aromatic rings. The molecule has 166 valence electrons. The Bertz CT molecular complexity index is 1180. The standard InChI is InChI=1S/C25H27N3O4/c1-15-8-4-5-9-16(15)24-23-18(17-10-6-7-11-19(17)26-23)12-20-25(30)27(13-21(29)28(20)24)14-22(31-2)32-3/h4-11,20,22,24,26H,12-14H2,1-3H3/t20-,24+/m0/s1. The number of carbonyl (C=O) groups excluding carboxylic acids is 2. The first-order chi connectivity index (χ1) is 15.5. The van der Waals surface area contributed by atoms with Crippen LogP contribution in [0.3, 0.4) is 0 Å². The van der Waals surface area contributed by atoms with Crippen molar-refractivity contribution >= 4 is 22.7 Å². The Hall–Kier alpha value is -3.16. The van der Waals surface area contributed by atoms with Gasteiger partial charge >= 0.3 is 0 Å². The third-order valence-corrected chi connectivity index (χ3v) is 6.72. The second kappa shape index (κ2) is 8.07. The van der Waals surface area contributed by atoms with Crippen molar-refractivity contribution in [1.82, 2.24) is 14.8 Å². The molecule has 3 heterocycles. The number of methoxy groups -OCH3 is 2. The van der Waals surface area contributed by atoms with E-state index < -0.39 is 12.3 Å². The number of para-hydroxylation sites is 1. The Morgan fingerprint density at radius 2 is 1.78 bits per heavy atom. The summed E-state index contributed by atoms with van der Waals surface area (Å²) in [5, 5.41) is 1.10. The zero-order valence-electron chi connectivity index (χ0n) is 18.5. The van der Waals surface area contributed by atoms with Gasteiger partial charge in [0.2, 0.25) is 11.8 Å². The molecule has 2 aliphatic heterocycles. The number of amides is 2. The number of piperazine rings is 1. The monoisotopic (exact) mass is 433 g/mol. The molecule has 1 aromatic heterocycles. The van der Waals surface area contributed by atoms with Crippen LogP contribution in [0.1, 0.15) is 28.4 Å². The average molecular weight is 434 g/mol. The lowest BCUT2D eigenvalue weighted by molar-refractivity contribution is -0.167. The molecule has 7 heteroatoms. The molecule has 0 unspecified atom stereocenters. The number of hydrogen-bond donors (Lipinski definition) is 1. The predicted octanol–water partition coefficient (Wildman–Crippen LogP) is 2.78. The third-order valence-electron chi connectivity index (χ3n) is 6.72. The number of aromatic amines is 1. The van der Waals surface area contributed by atoms with Crippen LogP contribution < -0.4 is 0 Å². The Kier molecular flexibility index (Phi) is 5.23. The first-order valence-corrected chi connectivity index (χ1v) is 10.8. The van der Waals surface area contributed by atoms with Crippen LogP contribution in [0.5, 0.6) is 0 Å². The SMILES string of the molecule is COC(CN1CC(=O)N2[C@H](c3ccccc3C)c3[nH]c4ccccc4c3C[C@H]2C1=O)OC. The van der Waals surface area contributed by atoms with E-state index in [1.807, 2.05) is 49.4 Å². The van der Waals surface area contributed by atoms with E-state index >= 15 is 0 Å². The minimum atomic E-state index is -0.572. The molecule has 0 radical (unpaired) electrons. The van der Waals surface area contributed by atoms with Crippen LogP contribution in [0, 0.1) is 6.92 Å². The first-order valence-electron chi connectivity index (χ1n) is 10.8. The van der Waals surface area contributed by atoms with E-state index in [0.717, 1.165) is 33.3 Å². The largest absolute Gasteiger partial charge is 0.356 e. The summed E-state index contributed by atoms with van der Waals surface area (Å²) in [5.74, 6) is -0.142. The van der Waals surface area contributed by atoms with E-state index in [-0.39, 0.29) is 30.9 Å². The van der Waals surface area contributed by atoms with Crippen LogP contribution in [0.15, 0.2) is 48.5 Å². The number of nitrogens with one attached hydrogen (secondary N) is 1. The summed E-state index contributed by atoms with van der Waals surface area (Å²) >= 11 is 0. The fourth-order valence-corrected chi connectivity index (χ4v) is 5.12. The summed E-state index contributed by atoms with van der Waals surface area (Å²) in [4.78, 5) is 34.0. The van der Waals surface area contributed by atoms with E-state index in [1.165, 1.54) is 14.2 Å². The maximum absolute atomic E-state index is 13.6. The fraction of sp³-hybridized carbons (Fsp3) is 0.360. The topological polar surface area (TPSA) is 74.9 Å². The Labute approximate surface area is 186 Å². The highest BCUT2D eigenvalue weighted by molar-refractivity contribution is 5.97. The molecular formula is C25H27N3O4. The number of aryl methyl sites for hydroxylation is 1. The van der Waals surface area contributed by atoms with Gasteiger partial charge in [-0.15, -0.1) is 0 Å². The minimum absolute atomic E-state index is 0.0104. The van der Waals surface area contributed by atoms with Gasteiger partial charge in [-0.2, -0.15) is 0 Å². The molecule has 0 spiro atoms. The molecule has 2 amide bonds. The highest BCUT2D eigenvalue weighted by Gasteiger charge is 2.48. The summed E-state index contributed by atoms with van der Waals surface area (Å²) in [7, 11) is 3.06. The van der Waals surface area contributed by atoms with Gasteiger partial charge in [0.05, 0.1) is 12.6 Å². The lowest BCUT2D eigenvalue weighted by Crippen LogP contribution is -2.64. The molecule has 5 rings (SSSR count). The van der Waals surface area contributed by atoms with Crippen molar-refractivity contribution in [2.24, 2.45) is 0 Å². The molecule has 2 aromatic carbocycles. The predicted molar refractivity (Wildman–Crippen MR) is 120 cm³/mol. The van der Waals surface area contributed by atoms with Crippen molar-refractivity contribution < 1.29 is 19.1 Å². The number of carbonyl (C=O) groups is 2. The Morgan fingerprint density at radius 3 is 2.53 bits per heavy atom. The van der Waals surface area contributed by atoms with Gasteiger partial charge in [-0.1, -0.05) is 42.5 Å². The van der Waals surface area contributed by atoms with Crippen LogP contribution in [0.2, 0.25) is 0 Å². The van der Waals surface area contributed by atoms with Gasteiger partial charge in [0.1, 0.15) is 12.6 Å². The van der Waals surface area contributed by atoms with Crippen molar-refractivity contribution in [2.45, 2.75) is 31.7 Å². The molecule has 0 aliphatic carbocycles. The number of H-pyrrole nitrogens is 1. The third kappa shape index (κ3) is 3.20. The van der Waals surface area contributed by atoms with E-state index in [4.69, 9.17) is 9.47 Å². The molecule has 7 nitrogen and oxygen atoms in total.